The molecular formula is C23H22FN5O. The van der Waals surface area contributed by atoms with Gasteiger partial charge >= 0.3 is 0 Å². The summed E-state index contributed by atoms with van der Waals surface area (Å²) in [7, 11) is 0. The lowest BCUT2D eigenvalue weighted by Crippen LogP contribution is -2.31. The molecule has 2 aromatic carbocycles. The van der Waals surface area contributed by atoms with Crippen LogP contribution in [-0.4, -0.2) is 25.5 Å². The molecule has 0 aliphatic carbocycles. The number of aryl methyl sites for hydroxylation is 3. The van der Waals surface area contributed by atoms with Crippen LogP contribution in [-0.2, 0) is 17.8 Å². The number of hydrogen-bond acceptors (Lipinski definition) is 4. The van der Waals surface area contributed by atoms with E-state index in [4.69, 9.17) is 0 Å². The second-order valence-electron chi connectivity index (χ2n) is 7.22. The molecule has 2 heterocycles. The molecule has 0 atom stereocenters. The van der Waals surface area contributed by atoms with Crippen LogP contribution in [0.3, 0.4) is 0 Å². The molecule has 0 saturated carbocycles. The summed E-state index contributed by atoms with van der Waals surface area (Å²) in [4.78, 5) is 23.6. The van der Waals surface area contributed by atoms with Crippen molar-refractivity contribution in [1.82, 2.24) is 19.6 Å². The Balaban J connectivity index is 1.61. The lowest BCUT2D eigenvalue weighted by atomic mass is 10.1. The molecule has 0 aliphatic rings. The van der Waals surface area contributed by atoms with Crippen molar-refractivity contribution in [2.24, 2.45) is 0 Å². The van der Waals surface area contributed by atoms with Crippen LogP contribution in [0.5, 0.6) is 0 Å². The number of aromatic nitrogens is 4. The summed E-state index contributed by atoms with van der Waals surface area (Å²) < 4.78 is 15.1. The fourth-order valence-corrected chi connectivity index (χ4v) is 3.39. The third kappa shape index (κ3) is 4.35. The third-order valence-corrected chi connectivity index (χ3v) is 4.87. The van der Waals surface area contributed by atoms with E-state index in [0.29, 0.717) is 30.1 Å². The van der Waals surface area contributed by atoms with Gasteiger partial charge in [-0.3, -0.25) is 4.79 Å². The van der Waals surface area contributed by atoms with E-state index in [0.717, 1.165) is 17.0 Å². The molecular weight excluding hydrogens is 381 g/mol. The van der Waals surface area contributed by atoms with Gasteiger partial charge in [-0.15, -0.1) is 5.10 Å². The van der Waals surface area contributed by atoms with Gasteiger partial charge in [0.15, 0.2) is 5.82 Å². The lowest BCUT2D eigenvalue weighted by molar-refractivity contribution is -0.118. The molecule has 0 bridgehead atoms. The Bertz CT molecular complexity index is 1170. The topological polar surface area (TPSA) is 63.4 Å². The van der Waals surface area contributed by atoms with Gasteiger partial charge in [0, 0.05) is 23.5 Å². The number of carbonyl (C=O) groups is 1. The first-order valence-electron chi connectivity index (χ1n) is 9.79. The average Bonchev–Trinajstić information content (AvgIpc) is 3.15. The molecule has 4 rings (SSSR count). The fraction of sp³-hybridized carbons (Fsp3) is 0.217. The van der Waals surface area contributed by atoms with Crippen molar-refractivity contribution >= 4 is 17.4 Å². The first-order valence-corrected chi connectivity index (χ1v) is 9.79. The van der Waals surface area contributed by atoms with Gasteiger partial charge in [-0.1, -0.05) is 30.3 Å². The normalized spacial score (nSPS) is 11.0. The Morgan fingerprint density at radius 2 is 1.77 bits per heavy atom. The van der Waals surface area contributed by atoms with Crippen LogP contribution < -0.4 is 4.90 Å². The van der Waals surface area contributed by atoms with Gasteiger partial charge in [0.05, 0.1) is 6.54 Å². The van der Waals surface area contributed by atoms with E-state index in [2.05, 4.69) is 15.1 Å². The molecule has 152 valence electrons. The van der Waals surface area contributed by atoms with E-state index in [1.807, 2.05) is 50.2 Å². The number of anilines is 1. The first-order chi connectivity index (χ1) is 14.5. The summed E-state index contributed by atoms with van der Waals surface area (Å²) in [5, 5.41) is 4.51. The van der Waals surface area contributed by atoms with Crippen LogP contribution in [0.25, 0.3) is 5.78 Å². The molecule has 0 saturated heterocycles. The van der Waals surface area contributed by atoms with Gasteiger partial charge in [-0.2, -0.15) is 4.98 Å². The Morgan fingerprint density at radius 3 is 2.50 bits per heavy atom. The highest BCUT2D eigenvalue weighted by molar-refractivity contribution is 5.93. The predicted octanol–water partition coefficient (Wildman–Crippen LogP) is 4.05. The second kappa shape index (κ2) is 8.41. The smallest absolute Gasteiger partial charge is 0.252 e. The molecule has 0 unspecified atom stereocenters. The molecule has 2 aromatic heterocycles. The van der Waals surface area contributed by atoms with Crippen LogP contribution in [0.4, 0.5) is 10.1 Å². The summed E-state index contributed by atoms with van der Waals surface area (Å²) in [6.07, 6.45) is 0.945. The van der Waals surface area contributed by atoms with Crippen molar-refractivity contribution < 1.29 is 9.18 Å². The largest absolute Gasteiger partial charge is 0.305 e. The number of fused-ring (bicyclic) bond motifs is 1. The Morgan fingerprint density at radius 1 is 1.03 bits per heavy atom. The third-order valence-electron chi connectivity index (χ3n) is 4.87. The maximum atomic E-state index is 13.4. The van der Waals surface area contributed by atoms with Gasteiger partial charge < -0.3 is 4.90 Å². The minimum Gasteiger partial charge on any atom is -0.305 e. The molecule has 0 radical (unpaired) electrons. The zero-order chi connectivity index (χ0) is 21.1. The Labute approximate surface area is 174 Å². The number of rotatable bonds is 6. The van der Waals surface area contributed by atoms with Crippen LogP contribution >= 0.6 is 0 Å². The van der Waals surface area contributed by atoms with E-state index in [9.17, 15) is 9.18 Å². The lowest BCUT2D eigenvalue weighted by Gasteiger charge is -2.21. The number of benzene rings is 2. The maximum Gasteiger partial charge on any atom is 0.252 e. The van der Waals surface area contributed by atoms with Crippen LogP contribution in [0.15, 0.2) is 60.7 Å². The first kappa shape index (κ1) is 19.7. The van der Waals surface area contributed by atoms with Crippen molar-refractivity contribution in [2.75, 3.05) is 4.90 Å². The molecule has 0 aliphatic heterocycles. The minimum atomic E-state index is -0.350. The predicted molar refractivity (Wildman–Crippen MR) is 113 cm³/mol. The summed E-state index contributed by atoms with van der Waals surface area (Å²) in [5.74, 6) is 0.550. The van der Waals surface area contributed by atoms with E-state index in [-0.39, 0.29) is 18.3 Å². The van der Waals surface area contributed by atoms with Gasteiger partial charge in [-0.25, -0.2) is 13.9 Å². The monoisotopic (exact) mass is 403 g/mol. The quantitative estimate of drug-likeness (QED) is 0.487. The summed E-state index contributed by atoms with van der Waals surface area (Å²) in [6, 6.07) is 17.7. The van der Waals surface area contributed by atoms with Crippen molar-refractivity contribution in [3.05, 3.63) is 89.3 Å². The highest BCUT2D eigenvalue weighted by Crippen LogP contribution is 2.19. The summed E-state index contributed by atoms with van der Waals surface area (Å²) in [5.41, 5.74) is 3.47. The highest BCUT2D eigenvalue weighted by atomic mass is 19.1. The van der Waals surface area contributed by atoms with Crippen LogP contribution in [0, 0.1) is 19.7 Å². The Kier molecular flexibility index (Phi) is 5.52. The van der Waals surface area contributed by atoms with Crippen molar-refractivity contribution in [3.8, 4) is 0 Å². The fourth-order valence-electron chi connectivity index (χ4n) is 3.39. The second-order valence-corrected chi connectivity index (χ2v) is 7.22. The van der Waals surface area contributed by atoms with E-state index < -0.39 is 0 Å². The van der Waals surface area contributed by atoms with Gasteiger partial charge in [0.2, 0.25) is 5.91 Å². The van der Waals surface area contributed by atoms with Crippen LogP contribution in [0.1, 0.15) is 29.2 Å². The molecule has 4 aromatic rings. The molecule has 0 fully saturated rings. The number of halogens is 1. The molecule has 0 spiro atoms. The Hall–Kier alpha value is -3.61. The molecule has 7 heteroatoms. The van der Waals surface area contributed by atoms with Crippen LogP contribution in [0.2, 0.25) is 0 Å². The standard InChI is InChI=1S/C23H22FN5O/c1-16-14-17(2)29-23(25-16)26-21(27-29)15-28(20-11-9-19(24)10-12-20)22(30)13-8-18-6-4-3-5-7-18/h3-7,9-12,14H,8,13,15H2,1-2H3. The average molecular weight is 403 g/mol. The van der Waals surface area contributed by atoms with E-state index in [1.54, 1.807) is 21.5 Å². The summed E-state index contributed by atoms with van der Waals surface area (Å²) >= 11 is 0. The zero-order valence-corrected chi connectivity index (χ0v) is 16.9. The van der Waals surface area contributed by atoms with E-state index >= 15 is 0 Å². The molecule has 0 N–H and O–H groups in total. The number of nitrogens with zero attached hydrogens (tertiary/aromatic N) is 5. The highest BCUT2D eigenvalue weighted by Gasteiger charge is 2.19. The van der Waals surface area contributed by atoms with Gasteiger partial charge in [-0.05, 0) is 56.2 Å². The number of carbonyl (C=O) groups excluding carboxylic acids is 1. The molecule has 30 heavy (non-hydrogen) atoms. The summed E-state index contributed by atoms with van der Waals surface area (Å²) in [6.45, 7) is 4.02. The minimum absolute atomic E-state index is 0.0785. The molecule has 6 nitrogen and oxygen atoms in total. The van der Waals surface area contributed by atoms with Crippen molar-refractivity contribution in [2.45, 2.75) is 33.2 Å². The zero-order valence-electron chi connectivity index (χ0n) is 16.9. The SMILES string of the molecule is Cc1cc(C)n2nc(CN(C(=O)CCc3ccccc3)c3ccc(F)cc3)nc2n1. The van der Waals surface area contributed by atoms with Crippen molar-refractivity contribution in [1.29, 1.82) is 0 Å². The number of amides is 1. The van der Waals surface area contributed by atoms with Gasteiger partial charge in [0.1, 0.15) is 5.82 Å². The van der Waals surface area contributed by atoms with Gasteiger partial charge in [0.25, 0.3) is 5.78 Å². The van der Waals surface area contributed by atoms with E-state index in [1.165, 1.54) is 12.1 Å². The maximum absolute atomic E-state index is 13.4. The molecule has 1 amide bonds. The van der Waals surface area contributed by atoms with Crippen molar-refractivity contribution in [3.63, 3.8) is 0 Å². The number of hydrogen-bond donors (Lipinski definition) is 0.